The van der Waals surface area contributed by atoms with E-state index in [-0.39, 0.29) is 5.75 Å². The van der Waals surface area contributed by atoms with E-state index in [9.17, 15) is 5.11 Å². The smallest absolute Gasteiger partial charge is 0.143 e. The molecule has 0 unspecified atom stereocenters. The molecule has 4 rings (SSSR count). The average molecular weight is 319 g/mol. The molecular formula is C18H17B5O2. The van der Waals surface area contributed by atoms with Crippen molar-refractivity contribution >= 4 is 88.5 Å². The van der Waals surface area contributed by atoms with Crippen molar-refractivity contribution in [3.8, 4) is 16.9 Å². The number of rotatable bonds is 1. The summed E-state index contributed by atoms with van der Waals surface area (Å²) in [7, 11) is 10.9. The minimum absolute atomic E-state index is 0.262. The maximum atomic E-state index is 10.3. The molecular weight excluding hydrogens is 302 g/mol. The highest BCUT2D eigenvalue weighted by Gasteiger charge is 2.18. The summed E-state index contributed by atoms with van der Waals surface area (Å²) in [5, 5.41) is 12.0. The van der Waals surface area contributed by atoms with E-state index in [2.05, 4.69) is 45.3 Å². The highest BCUT2D eigenvalue weighted by Crippen LogP contribution is 2.38. The summed E-state index contributed by atoms with van der Waals surface area (Å²) in [6, 6.07) is 11.6. The van der Waals surface area contributed by atoms with Gasteiger partial charge in [0.15, 0.2) is 0 Å². The highest BCUT2D eigenvalue weighted by atomic mass is 16.3. The highest BCUT2D eigenvalue weighted by molar-refractivity contribution is 6.68. The third-order valence-corrected chi connectivity index (χ3v) is 5.77. The van der Waals surface area contributed by atoms with Crippen molar-refractivity contribution in [3.63, 3.8) is 0 Å². The van der Waals surface area contributed by atoms with Crippen molar-refractivity contribution in [2.45, 2.75) is 0 Å². The lowest BCUT2D eigenvalue weighted by Crippen LogP contribution is -2.55. The molecule has 4 aromatic rings. The Kier molecular flexibility index (Phi) is 3.57. The lowest BCUT2D eigenvalue weighted by Gasteiger charge is -2.20. The number of hydrogen-bond donors (Lipinski definition) is 1. The summed E-state index contributed by atoms with van der Waals surface area (Å²) in [5.41, 5.74) is 10.5. The molecule has 0 fully saturated rings. The molecule has 2 nitrogen and oxygen atoms in total. The van der Waals surface area contributed by atoms with E-state index in [4.69, 9.17) is 4.42 Å². The van der Waals surface area contributed by atoms with Gasteiger partial charge in [0.1, 0.15) is 56.1 Å². The minimum Gasteiger partial charge on any atom is -0.507 e. The van der Waals surface area contributed by atoms with Crippen LogP contribution in [-0.4, -0.2) is 44.3 Å². The fourth-order valence-corrected chi connectivity index (χ4v) is 3.93. The number of phenolic OH excluding ortho intramolecular Hbond substituents is 1. The van der Waals surface area contributed by atoms with Gasteiger partial charge < -0.3 is 9.52 Å². The van der Waals surface area contributed by atoms with Crippen molar-refractivity contribution in [2.75, 3.05) is 0 Å². The zero-order valence-corrected chi connectivity index (χ0v) is 15.3. The molecule has 116 valence electrons. The van der Waals surface area contributed by atoms with Crippen molar-refractivity contribution in [1.82, 2.24) is 0 Å². The van der Waals surface area contributed by atoms with Crippen LogP contribution in [0.3, 0.4) is 0 Å². The van der Waals surface area contributed by atoms with E-state index in [0.717, 1.165) is 27.5 Å². The number of hydrogen-bond acceptors (Lipinski definition) is 2. The molecule has 0 atom stereocenters. The van der Waals surface area contributed by atoms with Gasteiger partial charge >= 0.3 is 0 Å². The summed E-state index contributed by atoms with van der Waals surface area (Å²) in [6.45, 7) is 0. The minimum atomic E-state index is 0.262. The summed E-state index contributed by atoms with van der Waals surface area (Å²) in [6.07, 6.45) is 0. The monoisotopic (exact) mass is 320 g/mol. The molecule has 0 saturated heterocycles. The second kappa shape index (κ2) is 5.55. The molecule has 3 aromatic carbocycles. The lowest BCUT2D eigenvalue weighted by molar-refractivity contribution is 0.481. The Bertz CT molecular complexity index is 1130. The Labute approximate surface area is 151 Å². The molecule has 0 aliphatic heterocycles. The fraction of sp³-hybridized carbons (Fsp3) is 0. The van der Waals surface area contributed by atoms with E-state index in [1.54, 1.807) is 6.07 Å². The number of benzene rings is 3. The van der Waals surface area contributed by atoms with E-state index in [1.165, 1.54) is 32.9 Å². The molecule has 0 bridgehead atoms. The normalized spacial score (nSPS) is 11.4. The molecule has 0 aliphatic rings. The standard InChI is InChI=1S/C18H17B5O2/c19-13-12(14(20)16(22)17(23)15(13)21)8-4-1-3-7-11-9(24)5-2-6-10(11)25-18(7)8/h1-6,24H,19-23H2. The van der Waals surface area contributed by atoms with E-state index < -0.39 is 0 Å². The van der Waals surface area contributed by atoms with Crippen LogP contribution in [0.1, 0.15) is 0 Å². The topological polar surface area (TPSA) is 33.4 Å². The third-order valence-electron chi connectivity index (χ3n) is 5.77. The van der Waals surface area contributed by atoms with Gasteiger partial charge in [-0.25, -0.2) is 0 Å². The van der Waals surface area contributed by atoms with Gasteiger partial charge in [-0.2, -0.15) is 0 Å². The van der Waals surface area contributed by atoms with Gasteiger partial charge in [-0.05, 0) is 17.7 Å². The fourth-order valence-electron chi connectivity index (χ4n) is 3.93. The molecule has 0 saturated carbocycles. The van der Waals surface area contributed by atoms with Crippen molar-refractivity contribution in [2.24, 2.45) is 0 Å². The molecule has 0 radical (unpaired) electrons. The SMILES string of the molecule is Bc1c(B)c(B)c(-c2cccc3c2oc2cccc(O)c23)c(B)c1B. The zero-order valence-electron chi connectivity index (χ0n) is 15.3. The van der Waals surface area contributed by atoms with Gasteiger partial charge in [0.2, 0.25) is 0 Å². The van der Waals surface area contributed by atoms with Gasteiger partial charge in [-0.3, -0.25) is 0 Å². The van der Waals surface area contributed by atoms with Crippen LogP contribution in [0, 0.1) is 0 Å². The van der Waals surface area contributed by atoms with Crippen LogP contribution in [0.4, 0.5) is 0 Å². The van der Waals surface area contributed by atoms with Crippen molar-refractivity contribution in [3.05, 3.63) is 36.4 Å². The van der Waals surface area contributed by atoms with Gasteiger partial charge in [0.05, 0.1) is 5.39 Å². The van der Waals surface area contributed by atoms with E-state index >= 15 is 0 Å². The van der Waals surface area contributed by atoms with Crippen LogP contribution >= 0.6 is 0 Å². The number of phenols is 1. The molecule has 25 heavy (non-hydrogen) atoms. The van der Waals surface area contributed by atoms with Crippen LogP contribution < -0.4 is 27.3 Å². The largest absolute Gasteiger partial charge is 0.507 e. The van der Waals surface area contributed by atoms with E-state index in [1.807, 2.05) is 24.3 Å². The Morgan fingerprint density at radius 2 is 1.32 bits per heavy atom. The van der Waals surface area contributed by atoms with Crippen molar-refractivity contribution < 1.29 is 9.52 Å². The Morgan fingerprint density at radius 3 is 2.00 bits per heavy atom. The summed E-state index contributed by atoms with van der Waals surface area (Å²) >= 11 is 0. The third kappa shape index (κ3) is 2.18. The maximum Gasteiger partial charge on any atom is 0.143 e. The second-order valence-corrected chi connectivity index (χ2v) is 6.93. The first-order chi connectivity index (χ1) is 11.9. The molecule has 1 aromatic heterocycles. The number of aromatic hydroxyl groups is 1. The van der Waals surface area contributed by atoms with Crippen LogP contribution in [0.25, 0.3) is 33.1 Å². The number of para-hydroxylation sites is 1. The van der Waals surface area contributed by atoms with Gasteiger partial charge in [0, 0.05) is 10.9 Å². The Morgan fingerprint density at radius 1 is 0.720 bits per heavy atom. The van der Waals surface area contributed by atoms with Crippen LogP contribution in [-0.2, 0) is 0 Å². The summed E-state index contributed by atoms with van der Waals surface area (Å²) in [4.78, 5) is 0. The van der Waals surface area contributed by atoms with Gasteiger partial charge in [-0.1, -0.05) is 35.2 Å². The average Bonchev–Trinajstić information content (AvgIpc) is 2.99. The molecule has 1 heterocycles. The van der Waals surface area contributed by atoms with Gasteiger partial charge in [-0.15, -0.1) is 16.4 Å². The first kappa shape index (κ1) is 16.1. The van der Waals surface area contributed by atoms with Crippen LogP contribution in [0.5, 0.6) is 5.75 Å². The van der Waals surface area contributed by atoms with Crippen LogP contribution in [0.2, 0.25) is 0 Å². The Balaban J connectivity index is 2.17. The van der Waals surface area contributed by atoms with Gasteiger partial charge in [0.25, 0.3) is 0 Å². The molecule has 0 spiro atoms. The molecule has 0 amide bonds. The Hall–Kier alpha value is -2.42. The summed E-state index contributed by atoms with van der Waals surface area (Å²) < 4.78 is 6.18. The number of fused-ring (bicyclic) bond motifs is 3. The maximum absolute atomic E-state index is 10.3. The van der Waals surface area contributed by atoms with Crippen molar-refractivity contribution in [1.29, 1.82) is 0 Å². The predicted octanol–water partition coefficient (Wildman–Crippen LogP) is -3.75. The lowest BCUT2D eigenvalue weighted by atomic mass is 9.59. The molecule has 0 aliphatic carbocycles. The first-order valence-corrected chi connectivity index (χ1v) is 8.62. The zero-order chi connectivity index (χ0) is 17.9. The number of furan rings is 1. The first-order valence-electron chi connectivity index (χ1n) is 8.62. The summed E-state index contributed by atoms with van der Waals surface area (Å²) in [5.74, 6) is 0.262. The van der Waals surface area contributed by atoms with E-state index in [0.29, 0.717) is 0 Å². The molecule has 7 heteroatoms. The molecule has 1 N–H and O–H groups in total. The van der Waals surface area contributed by atoms with Crippen LogP contribution in [0.15, 0.2) is 40.8 Å². The quantitative estimate of drug-likeness (QED) is 0.366. The predicted molar refractivity (Wildman–Crippen MR) is 122 cm³/mol. The second-order valence-electron chi connectivity index (χ2n) is 6.93.